The van der Waals surface area contributed by atoms with Crippen LogP contribution in [0.25, 0.3) is 24.3 Å². The van der Waals surface area contributed by atoms with Crippen molar-refractivity contribution in [3.8, 4) is 0 Å². The molecule has 1 unspecified atom stereocenters. The molecule has 1 aliphatic carbocycles. The fraction of sp³-hybridized carbons (Fsp3) is 0.222. The maximum atomic E-state index is 3.81. The molecule has 0 fully saturated rings. The van der Waals surface area contributed by atoms with E-state index in [0.717, 1.165) is 6.42 Å². The summed E-state index contributed by atoms with van der Waals surface area (Å²) in [5, 5.41) is 2.56. The number of alkyl halides is 1. The molecule has 0 N–H and O–H groups in total. The third kappa shape index (κ3) is 3.27. The molecule has 98 valence electrons. The number of fused-ring (bicyclic) bond motifs is 1. The molecule has 1 atom stereocenters. The van der Waals surface area contributed by atoms with Crippen molar-refractivity contribution < 1.29 is 0 Å². The summed E-state index contributed by atoms with van der Waals surface area (Å²) in [5.41, 5.74) is 2.60. The van der Waals surface area contributed by atoms with E-state index in [1.807, 2.05) is 6.08 Å². The van der Waals surface area contributed by atoms with Crippen LogP contribution in [-0.2, 0) is 0 Å². The molecule has 1 heteroatoms. The first-order chi connectivity index (χ1) is 9.07. The van der Waals surface area contributed by atoms with Gasteiger partial charge in [-0.25, -0.2) is 0 Å². The molecule has 0 saturated heterocycles. The Kier molecular flexibility index (Phi) is 4.46. The zero-order valence-corrected chi connectivity index (χ0v) is 13.6. The van der Waals surface area contributed by atoms with Gasteiger partial charge in [-0.2, -0.15) is 0 Å². The van der Waals surface area contributed by atoms with Crippen LogP contribution in [0.15, 0.2) is 36.9 Å². The second-order valence-corrected chi connectivity index (χ2v) is 7.23. The van der Waals surface area contributed by atoms with Crippen LogP contribution in [-0.4, -0.2) is 3.42 Å². The number of allylic oxidation sites excluding steroid dienone is 3. The first kappa shape index (κ1) is 14.3. The van der Waals surface area contributed by atoms with Crippen molar-refractivity contribution in [2.75, 3.05) is 0 Å². The van der Waals surface area contributed by atoms with Crippen LogP contribution in [0, 0.1) is 0 Å². The quantitative estimate of drug-likeness (QED) is 0.550. The molecular formula is C18H19I. The summed E-state index contributed by atoms with van der Waals surface area (Å²) in [5.74, 6) is 0. The summed E-state index contributed by atoms with van der Waals surface area (Å²) in [6, 6.07) is 4.37. The molecule has 0 amide bonds. The maximum absolute atomic E-state index is 3.81. The molecule has 0 nitrogen and oxygen atoms in total. The van der Waals surface area contributed by atoms with Gasteiger partial charge in [0.15, 0.2) is 0 Å². The van der Waals surface area contributed by atoms with Gasteiger partial charge in [0, 0.05) is 0 Å². The number of hydrogen-bond acceptors (Lipinski definition) is 0. The van der Waals surface area contributed by atoms with E-state index in [9.17, 15) is 0 Å². The van der Waals surface area contributed by atoms with E-state index in [1.165, 1.54) is 21.6 Å². The summed E-state index contributed by atoms with van der Waals surface area (Å²) in [6.45, 7) is 8.20. The van der Waals surface area contributed by atoms with E-state index >= 15 is 0 Å². The summed E-state index contributed by atoms with van der Waals surface area (Å²) in [7, 11) is 0. The monoisotopic (exact) mass is 362 g/mol. The zero-order chi connectivity index (χ0) is 13.9. The van der Waals surface area contributed by atoms with Crippen molar-refractivity contribution in [3.63, 3.8) is 0 Å². The molecule has 0 saturated carbocycles. The SMILES string of the molecule is C=C/C=c1/ccc2c(/c1=C/CC)C=CC(C)(I)C=C2. The lowest BCUT2D eigenvalue weighted by Crippen LogP contribution is -2.27. The molecule has 0 aromatic heterocycles. The molecule has 1 aliphatic rings. The molecule has 19 heavy (non-hydrogen) atoms. The number of benzene rings is 1. The summed E-state index contributed by atoms with van der Waals surface area (Å²) in [6.07, 6.45) is 16.3. The Hall–Kier alpha value is -1.09. The largest absolute Gasteiger partial charge is 0.0990 e. The lowest BCUT2D eigenvalue weighted by Gasteiger charge is -2.09. The van der Waals surface area contributed by atoms with Gasteiger partial charge < -0.3 is 0 Å². The van der Waals surface area contributed by atoms with Gasteiger partial charge in [0.2, 0.25) is 0 Å². The predicted molar refractivity (Wildman–Crippen MR) is 95.6 cm³/mol. The highest BCUT2D eigenvalue weighted by Crippen LogP contribution is 2.27. The third-order valence-electron chi connectivity index (χ3n) is 3.22. The van der Waals surface area contributed by atoms with Crippen molar-refractivity contribution in [1.82, 2.24) is 0 Å². The van der Waals surface area contributed by atoms with Gasteiger partial charge in [-0.05, 0) is 34.9 Å². The molecular weight excluding hydrogens is 343 g/mol. The van der Waals surface area contributed by atoms with E-state index < -0.39 is 0 Å². The van der Waals surface area contributed by atoms with E-state index in [1.54, 1.807) is 0 Å². The fourth-order valence-corrected chi connectivity index (χ4v) is 2.62. The first-order valence-corrected chi connectivity index (χ1v) is 7.68. The van der Waals surface area contributed by atoms with Crippen LogP contribution in [0.2, 0.25) is 0 Å². The average Bonchev–Trinajstić information content (AvgIpc) is 2.52. The van der Waals surface area contributed by atoms with Crippen molar-refractivity contribution >= 4 is 46.9 Å². The minimum Gasteiger partial charge on any atom is -0.0990 e. The highest BCUT2D eigenvalue weighted by atomic mass is 127. The molecule has 1 aromatic rings. The van der Waals surface area contributed by atoms with Crippen LogP contribution in [0.3, 0.4) is 0 Å². The van der Waals surface area contributed by atoms with Gasteiger partial charge in [-0.1, -0.05) is 90.8 Å². The number of halogens is 1. The van der Waals surface area contributed by atoms with E-state index in [0.29, 0.717) is 0 Å². The van der Waals surface area contributed by atoms with Crippen molar-refractivity contribution in [1.29, 1.82) is 0 Å². The summed E-state index contributed by atoms with van der Waals surface area (Å²) in [4.78, 5) is 0. The van der Waals surface area contributed by atoms with Crippen LogP contribution in [0.1, 0.15) is 31.4 Å². The molecule has 0 spiro atoms. The summed E-state index contributed by atoms with van der Waals surface area (Å²) < 4.78 is 0.0859. The van der Waals surface area contributed by atoms with Crippen LogP contribution < -0.4 is 10.4 Å². The Morgan fingerprint density at radius 1 is 1.26 bits per heavy atom. The van der Waals surface area contributed by atoms with Crippen molar-refractivity contribution in [3.05, 3.63) is 58.5 Å². The number of hydrogen-bond donors (Lipinski definition) is 0. The van der Waals surface area contributed by atoms with Gasteiger partial charge in [-0.3, -0.25) is 0 Å². The Morgan fingerprint density at radius 2 is 2.00 bits per heavy atom. The average molecular weight is 362 g/mol. The van der Waals surface area contributed by atoms with Gasteiger partial charge in [0.25, 0.3) is 0 Å². The first-order valence-electron chi connectivity index (χ1n) is 6.61. The Morgan fingerprint density at radius 3 is 2.68 bits per heavy atom. The highest BCUT2D eigenvalue weighted by Gasteiger charge is 2.14. The minimum atomic E-state index is 0.0859. The fourth-order valence-electron chi connectivity index (χ4n) is 2.26. The Labute approximate surface area is 129 Å². The van der Waals surface area contributed by atoms with Gasteiger partial charge >= 0.3 is 0 Å². The van der Waals surface area contributed by atoms with Crippen LogP contribution in [0.5, 0.6) is 0 Å². The number of rotatable bonds is 2. The minimum absolute atomic E-state index is 0.0859. The topological polar surface area (TPSA) is 0 Å². The lowest BCUT2D eigenvalue weighted by molar-refractivity contribution is 1.07. The normalized spacial score (nSPS) is 23.3. The zero-order valence-electron chi connectivity index (χ0n) is 11.5. The Bertz CT molecular complexity index is 658. The smallest absolute Gasteiger partial charge is 0.0558 e. The van der Waals surface area contributed by atoms with Crippen molar-refractivity contribution in [2.24, 2.45) is 0 Å². The molecule has 0 bridgehead atoms. The maximum Gasteiger partial charge on any atom is 0.0558 e. The van der Waals surface area contributed by atoms with Crippen molar-refractivity contribution in [2.45, 2.75) is 23.7 Å². The van der Waals surface area contributed by atoms with E-state index in [4.69, 9.17) is 0 Å². The molecule has 2 rings (SSSR count). The predicted octanol–water partition coefficient (Wildman–Crippen LogP) is 4.08. The van der Waals surface area contributed by atoms with E-state index in [-0.39, 0.29) is 3.42 Å². The molecule has 0 aliphatic heterocycles. The third-order valence-corrected chi connectivity index (χ3v) is 3.94. The molecule has 1 aromatic carbocycles. The highest BCUT2D eigenvalue weighted by molar-refractivity contribution is 14.1. The molecule has 0 heterocycles. The van der Waals surface area contributed by atoms with Gasteiger partial charge in [0.1, 0.15) is 0 Å². The van der Waals surface area contributed by atoms with Crippen LogP contribution in [0.4, 0.5) is 0 Å². The second-order valence-electron chi connectivity index (χ2n) is 4.90. The van der Waals surface area contributed by atoms with Gasteiger partial charge in [-0.15, -0.1) is 0 Å². The Balaban J connectivity index is 2.80. The standard InChI is InChI=1S/C18H19I/c1-4-6-14-8-9-15-10-12-18(3,19)13-11-17(15)16(14)7-5-2/h4,6-13H,1,5H2,2-3H3/b14-6-,16-7+. The lowest BCUT2D eigenvalue weighted by atomic mass is 10.0. The second kappa shape index (κ2) is 5.91. The molecule has 0 radical (unpaired) electrons. The van der Waals surface area contributed by atoms with Crippen LogP contribution >= 0.6 is 22.6 Å². The summed E-state index contributed by atoms with van der Waals surface area (Å²) >= 11 is 2.46. The van der Waals surface area contributed by atoms with E-state index in [2.05, 4.69) is 91.6 Å². The van der Waals surface area contributed by atoms with Gasteiger partial charge in [0.05, 0.1) is 3.42 Å².